The third-order valence-electron chi connectivity index (χ3n) is 3.23. The van der Waals surface area contributed by atoms with Gasteiger partial charge in [-0.3, -0.25) is 9.13 Å². The molecule has 0 saturated carbocycles. The van der Waals surface area contributed by atoms with Gasteiger partial charge in [0.05, 0.1) is 6.61 Å². The molecule has 16 nitrogen and oxygen atoms in total. The molecule has 2 unspecified atom stereocenters. The number of hydrogen-bond acceptors (Lipinski definition) is 12. The zero-order chi connectivity index (χ0) is 21.3. The largest absolute Gasteiger partial charge is 0.488 e. The van der Waals surface area contributed by atoms with E-state index in [9.17, 15) is 28.7 Å². The number of nitrogens with two attached hydrogens (primary N) is 1. The number of aliphatic hydroxyl groups is 2. The van der Waals surface area contributed by atoms with E-state index < -0.39 is 60.7 Å². The highest BCUT2D eigenvalue weighted by Gasteiger charge is 2.44. The molecule has 2 rings (SSSR count). The number of anilines is 1. The Labute approximate surface area is 156 Å². The number of aliphatic hydroxyl groups excluding tert-OH is 2. The van der Waals surface area contributed by atoms with Gasteiger partial charge in [0, 0.05) is 6.20 Å². The van der Waals surface area contributed by atoms with Gasteiger partial charge in [-0.15, -0.1) is 0 Å². The van der Waals surface area contributed by atoms with Crippen LogP contribution in [0.4, 0.5) is 5.82 Å². The highest BCUT2D eigenvalue weighted by atomic mass is 31.3. The van der Waals surface area contributed by atoms with E-state index in [1.165, 1.54) is 6.07 Å². The fourth-order valence-corrected chi connectivity index (χ4v) is 4.91. The first kappa shape index (κ1) is 23.3. The molecule has 0 radical (unpaired) electrons. The molecule has 1 saturated heterocycles. The number of hydrogen-bond donors (Lipinski definition) is 6. The van der Waals surface area contributed by atoms with E-state index in [1.807, 2.05) is 0 Å². The van der Waals surface area contributed by atoms with Crippen LogP contribution in [-0.4, -0.2) is 59.4 Å². The summed E-state index contributed by atoms with van der Waals surface area (Å²) in [6, 6.07) is 1.24. The van der Waals surface area contributed by atoms with Crippen molar-refractivity contribution in [1.29, 1.82) is 0 Å². The fourth-order valence-electron chi connectivity index (χ4n) is 2.14. The smallest absolute Gasteiger partial charge is 0.387 e. The van der Waals surface area contributed by atoms with Gasteiger partial charge in [0.25, 0.3) is 0 Å². The zero-order valence-corrected chi connectivity index (χ0v) is 16.3. The van der Waals surface area contributed by atoms with E-state index >= 15 is 0 Å². The molecule has 19 heteroatoms. The lowest BCUT2D eigenvalue weighted by Gasteiger charge is -2.17. The van der Waals surface area contributed by atoms with Crippen molar-refractivity contribution in [3.05, 3.63) is 22.7 Å². The average Bonchev–Trinajstić information content (AvgIpc) is 2.78. The lowest BCUT2D eigenvalue weighted by Crippen LogP contribution is -2.36. The summed E-state index contributed by atoms with van der Waals surface area (Å²) in [6.07, 6.45) is -4.85. The molecule has 0 amide bonds. The average molecular weight is 467 g/mol. The van der Waals surface area contributed by atoms with Gasteiger partial charge in [-0.25, -0.2) is 18.2 Å². The van der Waals surface area contributed by atoms with Crippen LogP contribution in [0.3, 0.4) is 0 Å². The third-order valence-corrected chi connectivity index (χ3v) is 6.83. The van der Waals surface area contributed by atoms with E-state index in [4.69, 9.17) is 25.2 Å². The number of nitrogens with zero attached hydrogens (tertiary/aromatic N) is 2. The number of ether oxygens (including phenoxy) is 1. The van der Waals surface area contributed by atoms with Crippen LogP contribution >= 0.6 is 23.9 Å². The molecular formula is C9H16N3O13P3. The molecule has 28 heavy (non-hydrogen) atoms. The Kier molecular flexibility index (Phi) is 7.32. The number of aromatic nitrogens is 2. The Morgan fingerprint density at radius 2 is 1.93 bits per heavy atom. The first-order valence-corrected chi connectivity index (χ1v) is 11.4. The van der Waals surface area contributed by atoms with Crippen molar-refractivity contribution in [2.24, 2.45) is 0 Å². The molecule has 0 spiro atoms. The highest BCUT2D eigenvalue weighted by Crippen LogP contribution is 2.61. The topological polar surface area (TPSA) is 250 Å². The Balaban J connectivity index is 1.98. The van der Waals surface area contributed by atoms with Gasteiger partial charge in [-0.2, -0.15) is 9.29 Å². The van der Waals surface area contributed by atoms with E-state index in [0.29, 0.717) is 0 Å². The van der Waals surface area contributed by atoms with Crippen molar-refractivity contribution in [2.75, 3.05) is 12.3 Å². The Morgan fingerprint density at radius 1 is 1.29 bits per heavy atom. The summed E-state index contributed by atoms with van der Waals surface area (Å²) in [4.78, 5) is 41.1. The molecule has 0 bridgehead atoms. The van der Waals surface area contributed by atoms with Crippen LogP contribution in [-0.2, 0) is 31.6 Å². The summed E-state index contributed by atoms with van der Waals surface area (Å²) in [7, 11) is -14.7. The van der Waals surface area contributed by atoms with E-state index in [1.54, 1.807) is 0 Å². The van der Waals surface area contributed by atoms with Gasteiger partial charge in [-0.05, 0) is 6.07 Å². The molecule has 160 valence electrons. The monoisotopic (exact) mass is 467 g/mol. The van der Waals surface area contributed by atoms with Crippen molar-refractivity contribution < 1.29 is 56.5 Å². The molecule has 2 heterocycles. The van der Waals surface area contributed by atoms with Crippen LogP contribution in [0.15, 0.2) is 17.1 Å². The minimum atomic E-state index is -5.41. The Bertz CT molecular complexity index is 885. The predicted octanol–water partition coefficient (Wildman–Crippen LogP) is -1.92. The van der Waals surface area contributed by atoms with Crippen molar-refractivity contribution in [3.63, 3.8) is 0 Å². The molecule has 1 aliphatic rings. The van der Waals surface area contributed by atoms with Gasteiger partial charge < -0.3 is 39.9 Å². The Morgan fingerprint density at radius 3 is 2.50 bits per heavy atom. The minimum Gasteiger partial charge on any atom is -0.387 e. The second-order valence-electron chi connectivity index (χ2n) is 5.28. The van der Waals surface area contributed by atoms with Crippen molar-refractivity contribution >= 4 is 29.7 Å². The number of nitrogen functional groups attached to an aromatic ring is 1. The van der Waals surface area contributed by atoms with E-state index in [-0.39, 0.29) is 5.82 Å². The second kappa shape index (κ2) is 8.79. The van der Waals surface area contributed by atoms with E-state index in [0.717, 1.165) is 10.8 Å². The van der Waals surface area contributed by atoms with Crippen LogP contribution in [0.25, 0.3) is 0 Å². The Hall–Kier alpha value is -0.990. The van der Waals surface area contributed by atoms with Gasteiger partial charge >= 0.3 is 29.6 Å². The maximum absolute atomic E-state index is 11.8. The van der Waals surface area contributed by atoms with Crippen LogP contribution in [0, 0.1) is 0 Å². The minimum absolute atomic E-state index is 0.0872. The lowest BCUT2D eigenvalue weighted by molar-refractivity contribution is -0.0516. The van der Waals surface area contributed by atoms with Crippen LogP contribution < -0.4 is 11.4 Å². The van der Waals surface area contributed by atoms with Crippen molar-refractivity contribution in [1.82, 2.24) is 9.55 Å². The summed E-state index contributed by atoms with van der Waals surface area (Å²) in [5.74, 6) is -0.0872. The number of phosphoric acid groups is 2. The normalized spacial score (nSPS) is 28.8. The molecule has 6 atom stereocenters. The molecule has 0 aromatic carbocycles. The van der Waals surface area contributed by atoms with Gasteiger partial charge in [0.15, 0.2) is 6.23 Å². The molecule has 7 N–H and O–H groups in total. The predicted molar refractivity (Wildman–Crippen MR) is 87.8 cm³/mol. The van der Waals surface area contributed by atoms with Crippen molar-refractivity contribution in [3.8, 4) is 0 Å². The molecule has 1 aromatic rings. The van der Waals surface area contributed by atoms with Gasteiger partial charge in [-0.1, -0.05) is 0 Å². The molecule has 1 aliphatic heterocycles. The van der Waals surface area contributed by atoms with Gasteiger partial charge in [0.1, 0.15) is 24.1 Å². The summed E-state index contributed by atoms with van der Waals surface area (Å²) >= 11 is 0. The van der Waals surface area contributed by atoms with Crippen LogP contribution in [0.2, 0.25) is 0 Å². The maximum Gasteiger partial charge on any atom is 0.488 e. The summed E-state index contributed by atoms with van der Waals surface area (Å²) < 4.78 is 51.3. The molecule has 0 aliphatic carbocycles. The summed E-state index contributed by atoms with van der Waals surface area (Å²) in [5, 5.41) is 20.0. The molecule has 1 aromatic heterocycles. The maximum atomic E-state index is 11.8. The van der Waals surface area contributed by atoms with Crippen molar-refractivity contribution in [2.45, 2.75) is 24.5 Å². The fraction of sp³-hybridized carbons (Fsp3) is 0.556. The number of rotatable bonds is 8. The highest BCUT2D eigenvalue weighted by molar-refractivity contribution is 7.64. The summed E-state index contributed by atoms with van der Waals surface area (Å²) in [6.45, 7) is -0.750. The van der Waals surface area contributed by atoms with E-state index in [2.05, 4.69) is 18.1 Å². The third kappa shape index (κ3) is 6.26. The van der Waals surface area contributed by atoms with Gasteiger partial charge in [0.2, 0.25) is 0 Å². The van der Waals surface area contributed by atoms with Crippen LogP contribution in [0.1, 0.15) is 6.23 Å². The standard InChI is InChI=1S/C9H16N3O13P3/c10-5-1-2-12(9(15)11-5)8-7(14)6(13)4(23-8)3-22-26(16)24-28(20,21)25-27(17,18)19/h1-2,4,6-8,13-14,26H,3H2,(H,20,21)(H2,10,11,15)(H2,17,18,19)/t4-,6-,7-,8-/m1/s1. The molecular weight excluding hydrogens is 451 g/mol. The first-order valence-electron chi connectivity index (χ1n) is 7.11. The summed E-state index contributed by atoms with van der Waals surface area (Å²) in [5.41, 5.74) is 4.46. The lowest BCUT2D eigenvalue weighted by atomic mass is 10.1. The quantitative estimate of drug-likeness (QED) is 0.228. The second-order valence-corrected chi connectivity index (χ2v) is 9.37. The molecule has 1 fully saturated rings. The van der Waals surface area contributed by atoms with Crippen LogP contribution in [0.5, 0.6) is 0 Å². The first-order chi connectivity index (χ1) is 12.8. The SMILES string of the molecule is Nc1ccn([C@@H]2O[C@H](CO[PH](=O)OP(=O)(O)OP(=O)(O)O)[C@@H](O)[C@H]2O)c(=O)n1. The zero-order valence-electron chi connectivity index (χ0n) is 13.5.